The molecule has 2 rings (SSSR count). The van der Waals surface area contributed by atoms with Crippen molar-refractivity contribution in [2.24, 2.45) is 11.3 Å². The molecule has 3 N–H and O–H groups in total. The molecule has 2 aromatic rings. The standard InChI is InChI=1S/C29H42ClN3O6S/c1-20(2)18-33(40(37,38)23-14-12-22(39-6)13-15-23)19-25(34)24(16-21-10-8-7-9-11-21)31-28(36)27(29(3,4)5)32-26(35)17-30/h7-15,20,24-25,27,34H,16-19H2,1-6H3,(H,31,36)(H,32,35)/t24-,25+,27+/m0/s1. The second kappa shape index (κ2) is 14.8. The van der Waals surface area contributed by atoms with Crippen LogP contribution in [0.2, 0.25) is 0 Å². The lowest BCUT2D eigenvalue weighted by Crippen LogP contribution is -2.59. The number of ether oxygens (including phenoxy) is 1. The molecule has 0 aliphatic rings. The molecule has 0 aliphatic heterocycles. The molecule has 0 aliphatic carbocycles. The van der Waals surface area contributed by atoms with Gasteiger partial charge in [0.25, 0.3) is 0 Å². The van der Waals surface area contributed by atoms with Crippen LogP contribution in [-0.4, -0.2) is 73.9 Å². The van der Waals surface area contributed by atoms with Crippen LogP contribution in [0.3, 0.4) is 0 Å². The van der Waals surface area contributed by atoms with Gasteiger partial charge in [0.1, 0.15) is 17.7 Å². The maximum absolute atomic E-state index is 13.6. The van der Waals surface area contributed by atoms with Crippen molar-refractivity contribution in [2.45, 2.75) is 64.1 Å². The van der Waals surface area contributed by atoms with Crippen LogP contribution in [0.15, 0.2) is 59.5 Å². The summed E-state index contributed by atoms with van der Waals surface area (Å²) in [7, 11) is -2.48. The Morgan fingerprint density at radius 1 is 1.00 bits per heavy atom. The first-order chi connectivity index (χ1) is 18.7. The van der Waals surface area contributed by atoms with Crippen LogP contribution >= 0.6 is 11.6 Å². The fourth-order valence-corrected chi connectivity index (χ4v) is 5.90. The molecule has 9 nitrogen and oxygen atoms in total. The van der Waals surface area contributed by atoms with E-state index < -0.39 is 45.4 Å². The minimum absolute atomic E-state index is 0.0292. The fourth-order valence-electron chi connectivity index (χ4n) is 4.20. The predicted octanol–water partition coefficient (Wildman–Crippen LogP) is 3.20. The summed E-state index contributed by atoms with van der Waals surface area (Å²) in [4.78, 5) is 25.6. The second-order valence-corrected chi connectivity index (χ2v) is 13.5. The summed E-state index contributed by atoms with van der Waals surface area (Å²) >= 11 is 5.67. The average molecular weight is 596 g/mol. The zero-order chi connectivity index (χ0) is 30.1. The van der Waals surface area contributed by atoms with Crippen molar-refractivity contribution in [1.29, 1.82) is 0 Å². The van der Waals surface area contributed by atoms with Gasteiger partial charge in [0.15, 0.2) is 0 Å². The Morgan fingerprint density at radius 3 is 2.10 bits per heavy atom. The number of benzene rings is 2. The van der Waals surface area contributed by atoms with Crippen LogP contribution in [0.4, 0.5) is 0 Å². The number of aliphatic hydroxyl groups excluding tert-OH is 1. The van der Waals surface area contributed by atoms with Gasteiger partial charge < -0.3 is 20.5 Å². The number of carbonyl (C=O) groups is 2. The van der Waals surface area contributed by atoms with E-state index in [0.717, 1.165) is 5.56 Å². The number of halogens is 1. The number of nitrogens with zero attached hydrogens (tertiary/aromatic N) is 1. The molecule has 0 unspecified atom stereocenters. The molecule has 0 heterocycles. The van der Waals surface area contributed by atoms with Crippen molar-refractivity contribution in [3.63, 3.8) is 0 Å². The summed E-state index contributed by atoms with van der Waals surface area (Å²) in [6, 6.07) is 13.6. The van der Waals surface area contributed by atoms with Crippen molar-refractivity contribution in [3.05, 3.63) is 60.2 Å². The maximum atomic E-state index is 13.6. The molecule has 3 atom stereocenters. The van der Waals surface area contributed by atoms with Gasteiger partial charge in [-0.3, -0.25) is 9.59 Å². The van der Waals surface area contributed by atoms with E-state index in [-0.39, 0.29) is 36.2 Å². The van der Waals surface area contributed by atoms with Crippen molar-refractivity contribution >= 4 is 33.4 Å². The van der Waals surface area contributed by atoms with Gasteiger partial charge in [-0.05, 0) is 47.6 Å². The van der Waals surface area contributed by atoms with Crippen LogP contribution in [0.25, 0.3) is 0 Å². The number of carbonyl (C=O) groups excluding carboxylic acids is 2. The molecule has 11 heteroatoms. The van der Waals surface area contributed by atoms with Gasteiger partial charge in [0.05, 0.1) is 24.2 Å². The molecule has 0 saturated heterocycles. The Bertz CT molecular complexity index is 1200. The van der Waals surface area contributed by atoms with Gasteiger partial charge in [-0.25, -0.2) is 8.42 Å². The molecule has 2 aromatic carbocycles. The zero-order valence-corrected chi connectivity index (χ0v) is 25.6. The third-order valence-electron chi connectivity index (χ3n) is 6.30. The number of alkyl halides is 1. The van der Waals surface area contributed by atoms with Gasteiger partial charge in [-0.2, -0.15) is 4.31 Å². The number of nitrogens with one attached hydrogen (secondary N) is 2. The molecule has 40 heavy (non-hydrogen) atoms. The number of aliphatic hydroxyl groups is 1. The van der Waals surface area contributed by atoms with Gasteiger partial charge >= 0.3 is 0 Å². The van der Waals surface area contributed by atoms with Crippen molar-refractivity contribution in [2.75, 3.05) is 26.1 Å². The summed E-state index contributed by atoms with van der Waals surface area (Å²) in [6.45, 7) is 9.10. The third-order valence-corrected chi connectivity index (χ3v) is 8.39. The molecular formula is C29H42ClN3O6S. The van der Waals surface area contributed by atoms with E-state index in [1.165, 1.54) is 23.5 Å². The van der Waals surface area contributed by atoms with E-state index in [1.807, 2.05) is 44.2 Å². The van der Waals surface area contributed by atoms with Crippen molar-refractivity contribution in [3.8, 4) is 5.75 Å². The Labute approximate surface area is 243 Å². The van der Waals surface area contributed by atoms with Crippen LogP contribution in [-0.2, 0) is 26.0 Å². The highest BCUT2D eigenvalue weighted by molar-refractivity contribution is 7.89. The molecule has 0 radical (unpaired) electrons. The molecule has 2 amide bonds. The lowest BCUT2D eigenvalue weighted by atomic mass is 9.85. The normalized spacial score (nSPS) is 14.4. The molecule has 222 valence electrons. The number of sulfonamides is 1. The SMILES string of the molecule is COc1ccc(S(=O)(=O)N(CC(C)C)C[C@@H](O)[C@H](Cc2ccccc2)NC(=O)[C@@H](NC(=O)CCl)C(C)(C)C)cc1. The molecule has 0 spiro atoms. The predicted molar refractivity (Wildman–Crippen MR) is 157 cm³/mol. The molecule has 0 aromatic heterocycles. The number of amides is 2. The Morgan fingerprint density at radius 2 is 1.60 bits per heavy atom. The number of hydrogen-bond donors (Lipinski definition) is 3. The van der Waals surface area contributed by atoms with E-state index in [9.17, 15) is 23.1 Å². The fraction of sp³-hybridized carbons (Fsp3) is 0.517. The number of rotatable bonds is 14. The maximum Gasteiger partial charge on any atom is 0.243 e. The van der Waals surface area contributed by atoms with E-state index >= 15 is 0 Å². The quantitative estimate of drug-likeness (QED) is 0.288. The summed E-state index contributed by atoms with van der Waals surface area (Å²) in [5, 5.41) is 17.0. The van der Waals surface area contributed by atoms with Gasteiger partial charge in [-0.15, -0.1) is 11.6 Å². The van der Waals surface area contributed by atoms with Crippen LogP contribution < -0.4 is 15.4 Å². The van der Waals surface area contributed by atoms with Crippen LogP contribution in [0.1, 0.15) is 40.2 Å². The zero-order valence-electron chi connectivity index (χ0n) is 24.1. The highest BCUT2D eigenvalue weighted by Crippen LogP contribution is 2.23. The lowest BCUT2D eigenvalue weighted by molar-refractivity contribution is -0.131. The first-order valence-corrected chi connectivity index (χ1v) is 15.2. The minimum atomic E-state index is -3.98. The smallest absolute Gasteiger partial charge is 0.243 e. The summed E-state index contributed by atoms with van der Waals surface area (Å²) in [5.74, 6) is -0.804. The average Bonchev–Trinajstić information content (AvgIpc) is 2.90. The van der Waals surface area contributed by atoms with E-state index in [1.54, 1.807) is 32.9 Å². The summed E-state index contributed by atoms with van der Waals surface area (Å²) < 4.78 is 33.6. The molecule has 0 saturated carbocycles. The second-order valence-electron chi connectivity index (χ2n) is 11.3. The Balaban J connectivity index is 2.40. The molecule has 0 fully saturated rings. The van der Waals surface area contributed by atoms with Crippen molar-refractivity contribution < 1.29 is 27.9 Å². The van der Waals surface area contributed by atoms with Crippen LogP contribution in [0, 0.1) is 11.3 Å². The minimum Gasteiger partial charge on any atom is -0.497 e. The van der Waals surface area contributed by atoms with Crippen LogP contribution in [0.5, 0.6) is 5.75 Å². The van der Waals surface area contributed by atoms with Gasteiger partial charge in [-0.1, -0.05) is 65.0 Å². The van der Waals surface area contributed by atoms with E-state index in [4.69, 9.17) is 16.3 Å². The van der Waals surface area contributed by atoms with Crippen molar-refractivity contribution in [1.82, 2.24) is 14.9 Å². The molecule has 0 bridgehead atoms. The molecular weight excluding hydrogens is 554 g/mol. The highest BCUT2D eigenvalue weighted by Gasteiger charge is 2.36. The summed E-state index contributed by atoms with van der Waals surface area (Å²) in [6.07, 6.45) is -1.02. The highest BCUT2D eigenvalue weighted by atomic mass is 35.5. The number of hydrogen-bond acceptors (Lipinski definition) is 6. The topological polar surface area (TPSA) is 125 Å². The third kappa shape index (κ3) is 9.76. The first-order valence-electron chi connectivity index (χ1n) is 13.2. The largest absolute Gasteiger partial charge is 0.497 e. The summed E-state index contributed by atoms with van der Waals surface area (Å²) in [5.41, 5.74) is 0.187. The lowest BCUT2D eigenvalue weighted by Gasteiger charge is -2.34. The van der Waals surface area contributed by atoms with Gasteiger partial charge in [0, 0.05) is 13.1 Å². The monoisotopic (exact) mass is 595 g/mol. The van der Waals surface area contributed by atoms with E-state index in [0.29, 0.717) is 5.75 Å². The Kier molecular flexibility index (Phi) is 12.4. The first kappa shape index (κ1) is 33.5. The number of methoxy groups -OCH3 is 1. The van der Waals surface area contributed by atoms with Gasteiger partial charge in [0.2, 0.25) is 21.8 Å². The van der Waals surface area contributed by atoms with E-state index in [2.05, 4.69) is 10.6 Å². The Hall–Kier alpha value is -2.66.